The zero-order valence-electron chi connectivity index (χ0n) is 9.74. The van der Waals surface area contributed by atoms with Gasteiger partial charge in [0.1, 0.15) is 11.0 Å². The molecule has 1 saturated heterocycles. The summed E-state index contributed by atoms with van der Waals surface area (Å²) in [6.45, 7) is 4.27. The van der Waals surface area contributed by atoms with Gasteiger partial charge in [0.25, 0.3) is 0 Å². The number of hydrogen-bond donors (Lipinski definition) is 0. The fraction of sp³-hybridized carbons (Fsp3) is 0.667. The van der Waals surface area contributed by atoms with Crippen LogP contribution in [0.15, 0.2) is 6.07 Å². The molecule has 0 aliphatic carbocycles. The predicted molar refractivity (Wildman–Crippen MR) is 70.2 cm³/mol. The Labute approximate surface area is 106 Å². The summed E-state index contributed by atoms with van der Waals surface area (Å²) in [5.41, 5.74) is 1.06. The smallest absolute Gasteiger partial charge is 0.143 e. The molecule has 1 aliphatic rings. The molecule has 4 heteroatoms. The molecular formula is C12H17ClN2S. The van der Waals surface area contributed by atoms with Crippen LogP contribution in [0, 0.1) is 0 Å². The molecule has 0 radical (unpaired) electrons. The van der Waals surface area contributed by atoms with E-state index in [-0.39, 0.29) is 0 Å². The largest absolute Gasteiger partial charge is 0.236 e. The second-order valence-electron chi connectivity index (χ2n) is 4.48. The first-order valence-corrected chi connectivity index (χ1v) is 7.25. The number of nitrogens with zero attached hydrogens (tertiary/aromatic N) is 2. The summed E-state index contributed by atoms with van der Waals surface area (Å²) in [6, 6.07) is 1.88. The van der Waals surface area contributed by atoms with E-state index in [0.717, 1.165) is 11.5 Å². The Morgan fingerprint density at radius 3 is 2.81 bits per heavy atom. The van der Waals surface area contributed by atoms with Crippen molar-refractivity contribution in [3.05, 3.63) is 22.7 Å². The van der Waals surface area contributed by atoms with Gasteiger partial charge in [0.2, 0.25) is 0 Å². The summed E-state index contributed by atoms with van der Waals surface area (Å²) in [6.07, 6.45) is 3.78. The summed E-state index contributed by atoms with van der Waals surface area (Å²) in [7, 11) is 0. The monoisotopic (exact) mass is 256 g/mol. The molecule has 1 aromatic heterocycles. The van der Waals surface area contributed by atoms with Crippen molar-refractivity contribution in [2.24, 2.45) is 0 Å². The molecule has 1 aromatic rings. The van der Waals surface area contributed by atoms with Crippen molar-refractivity contribution < 1.29 is 0 Å². The third-order valence-corrected chi connectivity index (χ3v) is 4.36. The molecule has 1 fully saturated rings. The summed E-state index contributed by atoms with van der Waals surface area (Å²) < 4.78 is 0. The molecule has 1 aliphatic heterocycles. The molecule has 0 amide bonds. The third-order valence-electron chi connectivity index (χ3n) is 2.79. The second kappa shape index (κ2) is 5.37. The van der Waals surface area contributed by atoms with Crippen molar-refractivity contribution in [1.82, 2.24) is 9.97 Å². The normalized spacial score (nSPS) is 21.4. The molecule has 0 N–H and O–H groups in total. The van der Waals surface area contributed by atoms with Crippen molar-refractivity contribution in [3.63, 3.8) is 0 Å². The van der Waals surface area contributed by atoms with E-state index in [1.165, 1.54) is 25.0 Å². The van der Waals surface area contributed by atoms with Crippen LogP contribution in [0.2, 0.25) is 5.15 Å². The predicted octanol–water partition coefficient (Wildman–Crippen LogP) is 4.21. The van der Waals surface area contributed by atoms with Crippen LogP contribution >= 0.6 is 23.4 Å². The highest BCUT2D eigenvalue weighted by molar-refractivity contribution is 7.99. The molecule has 1 atom stereocenters. The Hall–Kier alpha value is -0.280. The maximum Gasteiger partial charge on any atom is 0.143 e. The Kier molecular flexibility index (Phi) is 4.09. The number of rotatable bonds is 2. The van der Waals surface area contributed by atoms with Gasteiger partial charge in [0.15, 0.2) is 0 Å². The Balaban J connectivity index is 2.25. The van der Waals surface area contributed by atoms with Gasteiger partial charge < -0.3 is 0 Å². The molecule has 2 nitrogen and oxygen atoms in total. The lowest BCUT2D eigenvalue weighted by molar-refractivity contribution is 0.654. The van der Waals surface area contributed by atoms with Gasteiger partial charge in [0.05, 0.1) is 5.25 Å². The van der Waals surface area contributed by atoms with Crippen LogP contribution in [0.25, 0.3) is 0 Å². The fourth-order valence-corrected chi connectivity index (χ4v) is 3.28. The van der Waals surface area contributed by atoms with E-state index < -0.39 is 0 Å². The quantitative estimate of drug-likeness (QED) is 0.742. The first-order valence-electron chi connectivity index (χ1n) is 5.83. The average molecular weight is 257 g/mol. The number of hydrogen-bond acceptors (Lipinski definition) is 3. The lowest BCUT2D eigenvalue weighted by Gasteiger charge is -2.20. The molecule has 2 rings (SSSR count). The minimum absolute atomic E-state index is 0.410. The molecule has 0 saturated carbocycles. The van der Waals surface area contributed by atoms with Gasteiger partial charge in [-0.15, -0.1) is 0 Å². The van der Waals surface area contributed by atoms with Crippen molar-refractivity contribution >= 4 is 23.4 Å². The highest BCUT2D eigenvalue weighted by Gasteiger charge is 2.20. The van der Waals surface area contributed by atoms with E-state index in [2.05, 4.69) is 23.8 Å². The van der Waals surface area contributed by atoms with Gasteiger partial charge in [0, 0.05) is 5.69 Å². The molecule has 16 heavy (non-hydrogen) atoms. The van der Waals surface area contributed by atoms with Gasteiger partial charge in [-0.3, -0.25) is 0 Å². The number of halogens is 1. The Bertz CT molecular complexity index is 362. The molecule has 88 valence electrons. The van der Waals surface area contributed by atoms with Crippen LogP contribution in [0.4, 0.5) is 0 Å². The minimum atomic E-state index is 0.410. The highest BCUT2D eigenvalue weighted by atomic mass is 35.5. The topological polar surface area (TPSA) is 25.8 Å². The number of thioether (sulfide) groups is 1. The molecule has 0 spiro atoms. The molecule has 2 heterocycles. The van der Waals surface area contributed by atoms with Crippen molar-refractivity contribution in [3.8, 4) is 0 Å². The maximum absolute atomic E-state index is 6.05. The molecule has 0 bridgehead atoms. The van der Waals surface area contributed by atoms with E-state index in [9.17, 15) is 0 Å². The SMILES string of the molecule is CC(C)c1cc(Cl)nc(C2CCCCS2)n1. The summed E-state index contributed by atoms with van der Waals surface area (Å²) in [5, 5.41) is 1.03. The molecule has 0 aromatic carbocycles. The summed E-state index contributed by atoms with van der Waals surface area (Å²) in [5.74, 6) is 2.56. The summed E-state index contributed by atoms with van der Waals surface area (Å²) in [4.78, 5) is 9.01. The second-order valence-corrected chi connectivity index (χ2v) is 6.18. The van der Waals surface area contributed by atoms with Gasteiger partial charge in [-0.25, -0.2) is 9.97 Å². The first kappa shape index (κ1) is 12.2. The standard InChI is InChI=1S/C12H17ClN2S/c1-8(2)9-7-11(13)15-12(14-9)10-5-3-4-6-16-10/h7-8,10H,3-6H2,1-2H3. The third kappa shape index (κ3) is 2.89. The van der Waals surface area contributed by atoms with Gasteiger partial charge >= 0.3 is 0 Å². The van der Waals surface area contributed by atoms with Gasteiger partial charge in [-0.1, -0.05) is 31.9 Å². The minimum Gasteiger partial charge on any atom is -0.236 e. The van der Waals surface area contributed by atoms with Crippen LogP contribution in [-0.2, 0) is 0 Å². The van der Waals surface area contributed by atoms with Crippen LogP contribution in [-0.4, -0.2) is 15.7 Å². The van der Waals surface area contributed by atoms with Crippen LogP contribution in [0.3, 0.4) is 0 Å². The van der Waals surface area contributed by atoms with Crippen molar-refractivity contribution in [2.45, 2.75) is 44.3 Å². The summed E-state index contributed by atoms with van der Waals surface area (Å²) >= 11 is 8.01. The van der Waals surface area contributed by atoms with E-state index in [4.69, 9.17) is 11.6 Å². The van der Waals surface area contributed by atoms with Crippen LogP contribution < -0.4 is 0 Å². The average Bonchev–Trinajstić information content (AvgIpc) is 2.29. The lowest BCUT2D eigenvalue weighted by Crippen LogP contribution is -2.08. The molecule has 1 unspecified atom stereocenters. The van der Waals surface area contributed by atoms with Crippen LogP contribution in [0.5, 0.6) is 0 Å². The highest BCUT2D eigenvalue weighted by Crippen LogP contribution is 2.37. The van der Waals surface area contributed by atoms with Gasteiger partial charge in [-0.05, 0) is 30.6 Å². The van der Waals surface area contributed by atoms with Gasteiger partial charge in [-0.2, -0.15) is 11.8 Å². The maximum atomic E-state index is 6.05. The first-order chi connectivity index (χ1) is 7.66. The number of aromatic nitrogens is 2. The van der Waals surface area contributed by atoms with E-state index >= 15 is 0 Å². The van der Waals surface area contributed by atoms with Crippen molar-refractivity contribution in [2.75, 3.05) is 5.75 Å². The fourth-order valence-electron chi connectivity index (χ4n) is 1.84. The lowest BCUT2D eigenvalue weighted by atomic mass is 10.1. The molecular weight excluding hydrogens is 240 g/mol. The van der Waals surface area contributed by atoms with E-state index in [1.807, 2.05) is 17.8 Å². The van der Waals surface area contributed by atoms with Crippen molar-refractivity contribution in [1.29, 1.82) is 0 Å². The van der Waals surface area contributed by atoms with E-state index in [0.29, 0.717) is 16.3 Å². The zero-order valence-corrected chi connectivity index (χ0v) is 11.3. The zero-order chi connectivity index (χ0) is 11.5. The van der Waals surface area contributed by atoms with Crippen LogP contribution in [0.1, 0.15) is 55.8 Å². The van der Waals surface area contributed by atoms with E-state index in [1.54, 1.807) is 0 Å². The Morgan fingerprint density at radius 1 is 1.38 bits per heavy atom. The Morgan fingerprint density at radius 2 is 2.19 bits per heavy atom.